The Morgan fingerprint density at radius 2 is 1.81 bits per heavy atom. The molecule has 0 aliphatic carbocycles. The minimum atomic E-state index is -4.51. The molecule has 2 N–H and O–H groups in total. The molecular weight excluding hydrogens is 309 g/mol. The number of carbonyl (C=O) groups is 1. The molecule has 1 saturated heterocycles. The number of sulfonamides is 1. The molecule has 1 amide bonds. The summed E-state index contributed by atoms with van der Waals surface area (Å²) >= 11 is 0. The number of rotatable bonds is 3. The van der Waals surface area contributed by atoms with Crippen LogP contribution < -0.4 is 10.0 Å². The number of halogens is 3. The van der Waals surface area contributed by atoms with Crippen molar-refractivity contribution in [2.24, 2.45) is 0 Å². The zero-order valence-corrected chi connectivity index (χ0v) is 11.6. The summed E-state index contributed by atoms with van der Waals surface area (Å²) in [6, 6.07) is 2.79. The van der Waals surface area contributed by atoms with E-state index in [2.05, 4.69) is 10.0 Å². The first kappa shape index (κ1) is 15.8. The average molecular weight is 322 g/mol. The predicted molar refractivity (Wildman–Crippen MR) is 67.8 cm³/mol. The van der Waals surface area contributed by atoms with Gasteiger partial charge in [-0.25, -0.2) is 13.1 Å². The Morgan fingerprint density at radius 3 is 2.29 bits per heavy atom. The Labute approximate surface area is 119 Å². The second kappa shape index (κ2) is 5.64. The standard InChI is InChI=1S/C12H13F3N2O3S/c13-12(14,15)8-1-4-10(5-2-8)21(19,20)17-9-3-6-11(18)16-7-9/h1-2,4-5,9,17H,3,6-7H2,(H,16,18). The molecule has 1 unspecified atom stereocenters. The summed E-state index contributed by atoms with van der Waals surface area (Å²) in [6.45, 7) is 0.165. The summed E-state index contributed by atoms with van der Waals surface area (Å²) in [5, 5.41) is 2.52. The molecule has 1 aromatic carbocycles. The highest BCUT2D eigenvalue weighted by Gasteiger charge is 2.31. The second-order valence-corrected chi connectivity index (χ2v) is 6.40. The lowest BCUT2D eigenvalue weighted by atomic mass is 10.1. The van der Waals surface area contributed by atoms with Crippen LogP contribution in [-0.2, 0) is 21.0 Å². The number of amides is 1. The van der Waals surface area contributed by atoms with Crippen molar-refractivity contribution < 1.29 is 26.4 Å². The average Bonchev–Trinajstić information content (AvgIpc) is 2.40. The number of benzene rings is 1. The maximum Gasteiger partial charge on any atom is 0.416 e. The van der Waals surface area contributed by atoms with Crippen molar-refractivity contribution in [3.63, 3.8) is 0 Å². The van der Waals surface area contributed by atoms with Gasteiger partial charge in [-0.3, -0.25) is 4.79 Å². The SMILES string of the molecule is O=C1CCC(NS(=O)(=O)c2ccc(C(F)(F)F)cc2)CN1. The quantitative estimate of drug-likeness (QED) is 0.880. The number of piperidine rings is 1. The number of hydrogen-bond donors (Lipinski definition) is 2. The van der Waals surface area contributed by atoms with Crippen LogP contribution in [0, 0.1) is 0 Å². The van der Waals surface area contributed by atoms with Crippen molar-refractivity contribution in [2.75, 3.05) is 6.54 Å². The molecule has 1 fully saturated rings. The van der Waals surface area contributed by atoms with E-state index in [0.29, 0.717) is 6.42 Å². The van der Waals surface area contributed by atoms with Crippen LogP contribution in [0.3, 0.4) is 0 Å². The predicted octanol–water partition coefficient (Wildman–Crippen LogP) is 1.26. The molecule has 5 nitrogen and oxygen atoms in total. The topological polar surface area (TPSA) is 75.3 Å². The largest absolute Gasteiger partial charge is 0.416 e. The molecule has 1 atom stereocenters. The first-order valence-electron chi connectivity index (χ1n) is 6.15. The monoisotopic (exact) mass is 322 g/mol. The van der Waals surface area contributed by atoms with E-state index >= 15 is 0 Å². The summed E-state index contributed by atoms with van der Waals surface area (Å²) in [5.41, 5.74) is -0.911. The molecule has 9 heteroatoms. The molecule has 1 heterocycles. The molecule has 0 aromatic heterocycles. The van der Waals surface area contributed by atoms with Gasteiger partial charge in [0.25, 0.3) is 0 Å². The normalized spacial score (nSPS) is 20.1. The van der Waals surface area contributed by atoms with Gasteiger partial charge in [0.2, 0.25) is 15.9 Å². The Balaban J connectivity index is 2.11. The molecule has 1 aromatic rings. The fraction of sp³-hybridized carbons (Fsp3) is 0.417. The van der Waals surface area contributed by atoms with Gasteiger partial charge in [0.1, 0.15) is 0 Å². The molecule has 21 heavy (non-hydrogen) atoms. The highest BCUT2D eigenvalue weighted by atomic mass is 32.2. The summed E-state index contributed by atoms with van der Waals surface area (Å²) < 4.78 is 63.7. The van der Waals surface area contributed by atoms with Crippen molar-refractivity contribution in [1.29, 1.82) is 0 Å². The lowest BCUT2D eigenvalue weighted by Gasteiger charge is -2.23. The number of hydrogen-bond acceptors (Lipinski definition) is 3. The third kappa shape index (κ3) is 3.94. The maximum absolute atomic E-state index is 12.4. The van der Waals surface area contributed by atoms with Gasteiger partial charge < -0.3 is 5.32 Å². The Kier molecular flexibility index (Phi) is 4.24. The van der Waals surface area contributed by atoms with E-state index < -0.39 is 27.8 Å². The maximum atomic E-state index is 12.4. The van der Waals surface area contributed by atoms with E-state index in [0.717, 1.165) is 24.3 Å². The Hall–Kier alpha value is -1.61. The fourth-order valence-corrected chi connectivity index (χ4v) is 3.21. The highest BCUT2D eigenvalue weighted by Crippen LogP contribution is 2.29. The molecule has 116 valence electrons. The molecule has 0 bridgehead atoms. The minimum absolute atomic E-state index is 0.153. The van der Waals surface area contributed by atoms with Crippen LogP contribution in [0.1, 0.15) is 18.4 Å². The number of carbonyl (C=O) groups excluding carboxylic acids is 1. The fourth-order valence-electron chi connectivity index (χ4n) is 1.94. The van der Waals surface area contributed by atoms with Gasteiger partial charge in [0, 0.05) is 19.0 Å². The van der Waals surface area contributed by atoms with Crippen LogP contribution >= 0.6 is 0 Å². The number of alkyl halides is 3. The van der Waals surface area contributed by atoms with Crippen molar-refractivity contribution in [3.05, 3.63) is 29.8 Å². The van der Waals surface area contributed by atoms with Gasteiger partial charge in [-0.05, 0) is 30.7 Å². The summed E-state index contributed by atoms with van der Waals surface area (Å²) in [7, 11) is -3.91. The third-order valence-electron chi connectivity index (χ3n) is 3.08. The molecule has 2 rings (SSSR count). The summed E-state index contributed by atoms with van der Waals surface area (Å²) in [6.07, 6.45) is -3.95. The summed E-state index contributed by atoms with van der Waals surface area (Å²) in [5.74, 6) is -0.153. The third-order valence-corrected chi connectivity index (χ3v) is 4.62. The van der Waals surface area contributed by atoms with Crippen LogP contribution in [0.5, 0.6) is 0 Å². The molecule has 1 aliphatic heterocycles. The van der Waals surface area contributed by atoms with Crippen LogP contribution in [0.4, 0.5) is 13.2 Å². The van der Waals surface area contributed by atoms with E-state index in [-0.39, 0.29) is 23.8 Å². The van der Waals surface area contributed by atoms with Gasteiger partial charge in [0.05, 0.1) is 10.5 Å². The van der Waals surface area contributed by atoms with E-state index in [4.69, 9.17) is 0 Å². The Morgan fingerprint density at radius 1 is 1.19 bits per heavy atom. The van der Waals surface area contributed by atoms with Crippen LogP contribution in [0.2, 0.25) is 0 Å². The number of nitrogens with one attached hydrogen (secondary N) is 2. The van der Waals surface area contributed by atoms with Crippen molar-refractivity contribution in [2.45, 2.75) is 30.0 Å². The molecular formula is C12H13F3N2O3S. The molecule has 0 saturated carbocycles. The van der Waals surface area contributed by atoms with E-state index in [1.165, 1.54) is 0 Å². The molecule has 0 spiro atoms. The van der Waals surface area contributed by atoms with Crippen LogP contribution in [-0.4, -0.2) is 26.9 Å². The van der Waals surface area contributed by atoms with Gasteiger partial charge in [0.15, 0.2) is 0 Å². The van der Waals surface area contributed by atoms with Crippen LogP contribution in [0.25, 0.3) is 0 Å². The molecule has 0 radical (unpaired) electrons. The van der Waals surface area contributed by atoms with E-state index in [1.54, 1.807) is 0 Å². The van der Waals surface area contributed by atoms with Crippen molar-refractivity contribution >= 4 is 15.9 Å². The van der Waals surface area contributed by atoms with Crippen molar-refractivity contribution in [3.8, 4) is 0 Å². The van der Waals surface area contributed by atoms with E-state index in [9.17, 15) is 26.4 Å². The van der Waals surface area contributed by atoms with Gasteiger partial charge in [-0.15, -0.1) is 0 Å². The lowest BCUT2D eigenvalue weighted by Crippen LogP contribution is -2.47. The minimum Gasteiger partial charge on any atom is -0.355 e. The van der Waals surface area contributed by atoms with Gasteiger partial charge in [-0.2, -0.15) is 13.2 Å². The first-order chi connectivity index (χ1) is 9.68. The van der Waals surface area contributed by atoms with E-state index in [1.807, 2.05) is 0 Å². The smallest absolute Gasteiger partial charge is 0.355 e. The van der Waals surface area contributed by atoms with Gasteiger partial charge in [-0.1, -0.05) is 0 Å². The zero-order chi connectivity index (χ0) is 15.7. The first-order valence-corrected chi connectivity index (χ1v) is 7.63. The van der Waals surface area contributed by atoms with Crippen molar-refractivity contribution in [1.82, 2.24) is 10.0 Å². The van der Waals surface area contributed by atoms with Gasteiger partial charge >= 0.3 is 6.18 Å². The Bertz CT molecular complexity index is 616. The molecule has 1 aliphatic rings. The highest BCUT2D eigenvalue weighted by molar-refractivity contribution is 7.89. The second-order valence-electron chi connectivity index (χ2n) is 4.68. The summed E-state index contributed by atoms with van der Waals surface area (Å²) in [4.78, 5) is 10.7. The van der Waals surface area contributed by atoms with Crippen LogP contribution in [0.15, 0.2) is 29.2 Å². The zero-order valence-electron chi connectivity index (χ0n) is 10.8. The lowest BCUT2D eigenvalue weighted by molar-refractivity contribution is -0.137.